The molecule has 0 fully saturated rings. The maximum Gasteiger partial charge on any atom is 0.235 e. The van der Waals surface area contributed by atoms with E-state index in [0.29, 0.717) is 34.0 Å². The summed E-state index contributed by atoms with van der Waals surface area (Å²) in [5, 5.41) is 22.4. The first-order chi connectivity index (χ1) is 16.5. The van der Waals surface area contributed by atoms with Gasteiger partial charge in [0.25, 0.3) is 0 Å². The second-order valence-electron chi connectivity index (χ2n) is 8.36. The second kappa shape index (κ2) is 10.9. The van der Waals surface area contributed by atoms with Crippen molar-refractivity contribution in [1.82, 2.24) is 14.8 Å². The van der Waals surface area contributed by atoms with Crippen LogP contribution in [0.15, 0.2) is 42.1 Å². The van der Waals surface area contributed by atoms with Crippen molar-refractivity contribution in [3.05, 3.63) is 64.3 Å². The highest BCUT2D eigenvalue weighted by Crippen LogP contribution is 2.39. The van der Waals surface area contributed by atoms with E-state index in [1.807, 2.05) is 35.8 Å². The number of fused-ring (bicyclic) bond motifs is 1. The fourth-order valence-electron chi connectivity index (χ4n) is 3.96. The average Bonchev–Trinajstić information content (AvgIpc) is 3.36. The zero-order valence-corrected chi connectivity index (χ0v) is 21.0. The number of hydrogen-bond donors (Lipinski definition) is 1. The number of anilines is 1. The zero-order valence-electron chi connectivity index (χ0n) is 19.3. The molecule has 0 radical (unpaired) electrons. The van der Waals surface area contributed by atoms with E-state index in [1.54, 1.807) is 6.08 Å². The SMILES string of the molecule is C=CCn1c(COc2ccccc2C)nnc1SCC(=O)Nc1sc2c(c1C#N)CCC(C)C2. The number of thiophene rings is 1. The number of thioether (sulfide) groups is 1. The molecule has 0 spiro atoms. The molecule has 0 bridgehead atoms. The molecule has 4 rings (SSSR count). The minimum absolute atomic E-state index is 0.164. The van der Waals surface area contributed by atoms with E-state index < -0.39 is 0 Å². The minimum atomic E-state index is -0.168. The summed E-state index contributed by atoms with van der Waals surface area (Å²) in [7, 11) is 0. The highest BCUT2D eigenvalue weighted by Gasteiger charge is 2.25. The highest BCUT2D eigenvalue weighted by molar-refractivity contribution is 7.99. The van der Waals surface area contributed by atoms with Crippen molar-refractivity contribution in [3.8, 4) is 11.8 Å². The van der Waals surface area contributed by atoms with Crippen LogP contribution < -0.4 is 10.1 Å². The van der Waals surface area contributed by atoms with Crippen LogP contribution in [0.5, 0.6) is 5.75 Å². The van der Waals surface area contributed by atoms with Gasteiger partial charge in [-0.25, -0.2) is 0 Å². The second-order valence-corrected chi connectivity index (χ2v) is 10.4. The maximum atomic E-state index is 12.7. The maximum absolute atomic E-state index is 12.7. The number of rotatable bonds is 9. The molecule has 2 heterocycles. The molecular formula is C25H27N5O2S2. The molecule has 0 saturated carbocycles. The van der Waals surface area contributed by atoms with Crippen molar-refractivity contribution in [2.45, 2.75) is 51.4 Å². The summed E-state index contributed by atoms with van der Waals surface area (Å²) in [5.41, 5.74) is 2.78. The standard InChI is InChI=1S/C25H27N5O2S2/c1-4-11-30-22(14-32-20-8-6-5-7-17(20)3)28-29-25(30)33-15-23(31)27-24-19(13-26)18-10-9-16(2)12-21(18)34-24/h4-8,16H,1,9-12,14-15H2,2-3H3,(H,27,31). The number of amides is 1. The van der Waals surface area contributed by atoms with E-state index >= 15 is 0 Å². The van der Waals surface area contributed by atoms with Gasteiger partial charge in [-0.3, -0.25) is 9.36 Å². The molecule has 34 heavy (non-hydrogen) atoms. The fourth-order valence-corrected chi connectivity index (χ4v) is 6.10. The molecule has 1 atom stereocenters. The minimum Gasteiger partial charge on any atom is -0.485 e. The smallest absolute Gasteiger partial charge is 0.235 e. The first-order valence-corrected chi connectivity index (χ1v) is 13.0. The summed E-state index contributed by atoms with van der Waals surface area (Å²) in [6.45, 7) is 8.82. The van der Waals surface area contributed by atoms with Crippen molar-refractivity contribution >= 4 is 34.0 Å². The van der Waals surface area contributed by atoms with Crippen molar-refractivity contribution in [2.24, 2.45) is 5.92 Å². The van der Waals surface area contributed by atoms with E-state index in [4.69, 9.17) is 4.74 Å². The van der Waals surface area contributed by atoms with E-state index in [1.165, 1.54) is 28.0 Å². The number of aryl methyl sites for hydroxylation is 1. The van der Waals surface area contributed by atoms with Gasteiger partial charge in [-0.2, -0.15) is 5.26 Å². The number of nitrogens with zero attached hydrogens (tertiary/aromatic N) is 4. The summed E-state index contributed by atoms with van der Waals surface area (Å²) in [5.74, 6) is 2.07. The van der Waals surface area contributed by atoms with Gasteiger partial charge in [0.1, 0.15) is 23.4 Å². The third kappa shape index (κ3) is 5.34. The topological polar surface area (TPSA) is 92.8 Å². The van der Waals surface area contributed by atoms with E-state index in [9.17, 15) is 10.1 Å². The van der Waals surface area contributed by atoms with Crippen molar-refractivity contribution in [1.29, 1.82) is 5.26 Å². The first kappa shape index (κ1) is 24.0. The Labute approximate surface area is 207 Å². The predicted octanol–water partition coefficient (Wildman–Crippen LogP) is 5.14. The summed E-state index contributed by atoms with van der Waals surface area (Å²) in [6, 6.07) is 10.1. The van der Waals surface area contributed by atoms with Crippen LogP contribution in [-0.4, -0.2) is 26.4 Å². The molecule has 7 nitrogen and oxygen atoms in total. The molecule has 2 aromatic heterocycles. The number of carbonyl (C=O) groups excluding carboxylic acids is 1. The lowest BCUT2D eigenvalue weighted by Crippen LogP contribution is -2.15. The Morgan fingerprint density at radius 1 is 1.44 bits per heavy atom. The number of allylic oxidation sites excluding steroid dienone is 1. The molecule has 1 N–H and O–H groups in total. The van der Waals surface area contributed by atoms with Crippen LogP contribution in [0.4, 0.5) is 5.00 Å². The normalized spacial score (nSPS) is 14.8. The number of aromatic nitrogens is 3. The third-order valence-electron chi connectivity index (χ3n) is 5.76. The molecule has 1 amide bonds. The largest absolute Gasteiger partial charge is 0.485 e. The van der Waals surface area contributed by atoms with Gasteiger partial charge in [0.15, 0.2) is 11.0 Å². The third-order valence-corrected chi connectivity index (χ3v) is 7.90. The van der Waals surface area contributed by atoms with Gasteiger partial charge < -0.3 is 10.1 Å². The van der Waals surface area contributed by atoms with Crippen LogP contribution in [0.25, 0.3) is 0 Å². The Morgan fingerprint density at radius 3 is 3.03 bits per heavy atom. The van der Waals surface area contributed by atoms with Crippen LogP contribution >= 0.6 is 23.1 Å². The van der Waals surface area contributed by atoms with Gasteiger partial charge >= 0.3 is 0 Å². The predicted molar refractivity (Wildman–Crippen MR) is 135 cm³/mol. The van der Waals surface area contributed by atoms with Crippen molar-refractivity contribution in [2.75, 3.05) is 11.1 Å². The van der Waals surface area contributed by atoms with Crippen LogP contribution in [0.1, 0.15) is 40.7 Å². The Kier molecular flexibility index (Phi) is 7.70. The van der Waals surface area contributed by atoms with Crippen LogP contribution in [0.2, 0.25) is 0 Å². The highest BCUT2D eigenvalue weighted by atomic mass is 32.2. The van der Waals surface area contributed by atoms with Gasteiger partial charge in [-0.1, -0.05) is 43.0 Å². The molecule has 1 aliphatic carbocycles. The van der Waals surface area contributed by atoms with Gasteiger partial charge in [0, 0.05) is 11.4 Å². The molecule has 1 unspecified atom stereocenters. The molecule has 0 saturated heterocycles. The van der Waals surface area contributed by atoms with Crippen LogP contribution in [-0.2, 0) is 30.8 Å². The number of benzene rings is 1. The number of nitrogens with one attached hydrogen (secondary N) is 1. The van der Waals surface area contributed by atoms with Gasteiger partial charge in [-0.05, 0) is 49.3 Å². The Bertz CT molecular complexity index is 1240. The van der Waals surface area contributed by atoms with E-state index in [2.05, 4.69) is 35.1 Å². The number of hydrogen-bond acceptors (Lipinski definition) is 7. The number of ether oxygens (including phenoxy) is 1. The number of carbonyl (C=O) groups is 1. The van der Waals surface area contributed by atoms with E-state index in [-0.39, 0.29) is 18.3 Å². The lowest BCUT2D eigenvalue weighted by Gasteiger charge is -2.17. The molecule has 1 aromatic carbocycles. The summed E-state index contributed by atoms with van der Waals surface area (Å²) in [6.07, 6.45) is 4.72. The quantitative estimate of drug-likeness (QED) is 0.328. The molecule has 0 aliphatic heterocycles. The fraction of sp³-hybridized carbons (Fsp3) is 0.360. The lowest BCUT2D eigenvalue weighted by atomic mass is 9.89. The number of nitriles is 1. The monoisotopic (exact) mass is 493 g/mol. The molecule has 9 heteroatoms. The lowest BCUT2D eigenvalue weighted by molar-refractivity contribution is -0.113. The Morgan fingerprint density at radius 2 is 2.26 bits per heavy atom. The van der Waals surface area contributed by atoms with Gasteiger partial charge in [-0.15, -0.1) is 28.1 Å². The van der Waals surface area contributed by atoms with Crippen molar-refractivity contribution < 1.29 is 9.53 Å². The average molecular weight is 494 g/mol. The molecular weight excluding hydrogens is 466 g/mol. The van der Waals surface area contributed by atoms with Crippen molar-refractivity contribution in [3.63, 3.8) is 0 Å². The summed E-state index contributed by atoms with van der Waals surface area (Å²) < 4.78 is 7.82. The zero-order chi connectivity index (χ0) is 24.1. The van der Waals surface area contributed by atoms with Gasteiger partial charge in [0.2, 0.25) is 5.91 Å². The molecule has 176 valence electrons. The van der Waals surface area contributed by atoms with Crippen LogP contribution in [0.3, 0.4) is 0 Å². The molecule has 1 aliphatic rings. The summed E-state index contributed by atoms with van der Waals surface area (Å²) >= 11 is 2.84. The first-order valence-electron chi connectivity index (χ1n) is 11.2. The van der Waals surface area contributed by atoms with Gasteiger partial charge in [0.05, 0.1) is 11.3 Å². The Balaban J connectivity index is 1.40. The van der Waals surface area contributed by atoms with E-state index in [0.717, 1.165) is 36.1 Å². The number of para-hydroxylation sites is 1. The summed E-state index contributed by atoms with van der Waals surface area (Å²) in [4.78, 5) is 13.9. The Hall–Kier alpha value is -3.09. The molecule has 3 aromatic rings. The van der Waals surface area contributed by atoms with Crippen LogP contribution in [0, 0.1) is 24.2 Å².